The van der Waals surface area contributed by atoms with E-state index in [9.17, 15) is 8.42 Å². The topological polar surface area (TPSA) is 66.6 Å². The second-order valence-electron chi connectivity index (χ2n) is 5.86. The third-order valence-corrected chi connectivity index (χ3v) is 6.33. The summed E-state index contributed by atoms with van der Waals surface area (Å²) in [6.07, 6.45) is 2.84. The molecule has 2 N–H and O–H groups in total. The van der Waals surface area contributed by atoms with Crippen molar-refractivity contribution >= 4 is 22.6 Å². The van der Waals surface area contributed by atoms with Crippen LogP contribution in [0.3, 0.4) is 0 Å². The van der Waals surface area contributed by atoms with Gasteiger partial charge in [-0.25, -0.2) is 0 Å². The van der Waals surface area contributed by atoms with Crippen LogP contribution in [0.5, 0.6) is 0 Å². The largest absolute Gasteiger partial charge is 0.328 e. The van der Waals surface area contributed by atoms with Gasteiger partial charge in [0.25, 0.3) is 10.2 Å². The van der Waals surface area contributed by atoms with Crippen LogP contribution in [0.15, 0.2) is 0 Å². The lowest BCUT2D eigenvalue weighted by atomic mass is 10.0. The van der Waals surface area contributed by atoms with Crippen molar-refractivity contribution in [3.05, 3.63) is 0 Å². The minimum atomic E-state index is -3.24. The summed E-state index contributed by atoms with van der Waals surface area (Å²) < 4.78 is 28.2. The van der Waals surface area contributed by atoms with Crippen LogP contribution in [0.25, 0.3) is 0 Å². The minimum absolute atomic E-state index is 0. The molecule has 2 heterocycles. The van der Waals surface area contributed by atoms with E-state index in [1.807, 2.05) is 6.92 Å². The highest BCUT2D eigenvalue weighted by atomic mass is 35.5. The van der Waals surface area contributed by atoms with Gasteiger partial charge in [-0.15, -0.1) is 12.4 Å². The Bertz CT molecular complexity index is 380. The van der Waals surface area contributed by atoms with Gasteiger partial charge in [0.15, 0.2) is 0 Å². The standard InChI is InChI=1S/C12H25N3O2S.ClH/c1-10-3-6-14(7-4-10)18(16,17)15-8-5-12(9-15)11(2)13;/h10-12H,3-9,13H2,1-2H3;1H. The van der Waals surface area contributed by atoms with E-state index in [4.69, 9.17) is 5.73 Å². The highest BCUT2D eigenvalue weighted by Crippen LogP contribution is 2.26. The maximum absolute atomic E-state index is 12.5. The van der Waals surface area contributed by atoms with E-state index in [0.29, 0.717) is 38.0 Å². The number of piperidine rings is 1. The molecule has 0 aromatic carbocycles. The van der Waals surface area contributed by atoms with Crippen molar-refractivity contribution in [2.45, 2.75) is 39.2 Å². The molecule has 0 saturated carbocycles. The van der Waals surface area contributed by atoms with Crippen LogP contribution in [0.4, 0.5) is 0 Å². The summed E-state index contributed by atoms with van der Waals surface area (Å²) >= 11 is 0. The van der Waals surface area contributed by atoms with Gasteiger partial charge in [-0.05, 0) is 38.0 Å². The first-order chi connectivity index (χ1) is 8.41. The fourth-order valence-corrected chi connectivity index (χ4v) is 4.49. The Labute approximate surface area is 123 Å². The third kappa shape index (κ3) is 3.82. The van der Waals surface area contributed by atoms with Crippen molar-refractivity contribution in [1.82, 2.24) is 8.61 Å². The first-order valence-electron chi connectivity index (χ1n) is 6.92. The molecule has 2 rings (SSSR count). The quantitative estimate of drug-likeness (QED) is 0.847. The predicted molar refractivity (Wildman–Crippen MR) is 79.5 cm³/mol. The molecular weight excluding hydrogens is 286 g/mol. The molecule has 0 amide bonds. The Morgan fingerprint density at radius 3 is 2.11 bits per heavy atom. The van der Waals surface area contributed by atoms with Gasteiger partial charge in [0.05, 0.1) is 0 Å². The molecule has 2 aliphatic rings. The van der Waals surface area contributed by atoms with Crippen LogP contribution < -0.4 is 5.73 Å². The van der Waals surface area contributed by atoms with Crippen LogP contribution in [0, 0.1) is 11.8 Å². The zero-order chi connectivity index (χ0) is 13.3. The summed E-state index contributed by atoms with van der Waals surface area (Å²) in [7, 11) is -3.24. The Balaban J connectivity index is 0.00000180. The average Bonchev–Trinajstić information content (AvgIpc) is 2.79. The molecule has 2 atom stereocenters. The molecule has 2 aliphatic heterocycles. The van der Waals surface area contributed by atoms with Crippen molar-refractivity contribution in [3.8, 4) is 0 Å². The van der Waals surface area contributed by atoms with E-state index in [-0.39, 0.29) is 18.4 Å². The van der Waals surface area contributed by atoms with Crippen molar-refractivity contribution in [2.24, 2.45) is 17.6 Å². The van der Waals surface area contributed by atoms with Gasteiger partial charge in [0.2, 0.25) is 0 Å². The van der Waals surface area contributed by atoms with E-state index in [2.05, 4.69) is 6.92 Å². The van der Waals surface area contributed by atoms with Gasteiger partial charge in [-0.2, -0.15) is 17.0 Å². The maximum Gasteiger partial charge on any atom is 0.281 e. The SMILES string of the molecule is CC1CCN(S(=O)(=O)N2CCC(C(C)N)C2)CC1.Cl. The van der Waals surface area contributed by atoms with Crippen LogP contribution >= 0.6 is 12.4 Å². The molecule has 0 spiro atoms. The Kier molecular flexibility index (Phi) is 6.07. The van der Waals surface area contributed by atoms with Crippen LogP contribution in [0.2, 0.25) is 0 Å². The van der Waals surface area contributed by atoms with E-state index < -0.39 is 10.2 Å². The molecule has 0 aromatic heterocycles. The molecule has 114 valence electrons. The zero-order valence-corrected chi connectivity index (χ0v) is 13.4. The van der Waals surface area contributed by atoms with Crippen molar-refractivity contribution in [3.63, 3.8) is 0 Å². The molecule has 19 heavy (non-hydrogen) atoms. The van der Waals surface area contributed by atoms with Crippen LogP contribution in [-0.4, -0.2) is 49.2 Å². The van der Waals surface area contributed by atoms with E-state index in [0.717, 1.165) is 19.3 Å². The fourth-order valence-electron chi connectivity index (χ4n) is 2.77. The number of rotatable bonds is 3. The summed E-state index contributed by atoms with van der Waals surface area (Å²) in [6.45, 7) is 6.70. The number of nitrogens with two attached hydrogens (primary N) is 1. The van der Waals surface area contributed by atoms with Crippen molar-refractivity contribution < 1.29 is 8.42 Å². The third-order valence-electron chi connectivity index (χ3n) is 4.33. The molecule has 0 aromatic rings. The number of halogens is 1. The van der Waals surface area contributed by atoms with E-state index in [1.165, 1.54) is 0 Å². The normalized spacial score (nSPS) is 29.1. The molecule has 2 fully saturated rings. The maximum atomic E-state index is 12.5. The lowest BCUT2D eigenvalue weighted by Crippen LogP contribution is -2.46. The summed E-state index contributed by atoms with van der Waals surface area (Å²) in [5.74, 6) is 0.954. The van der Waals surface area contributed by atoms with Gasteiger partial charge in [-0.3, -0.25) is 0 Å². The first-order valence-corrected chi connectivity index (χ1v) is 8.31. The van der Waals surface area contributed by atoms with Gasteiger partial charge in [0, 0.05) is 32.2 Å². The molecule has 7 heteroatoms. The summed E-state index contributed by atoms with van der Waals surface area (Å²) in [6, 6.07) is 0.0755. The Morgan fingerprint density at radius 2 is 1.63 bits per heavy atom. The zero-order valence-electron chi connectivity index (χ0n) is 11.8. The molecule has 0 bridgehead atoms. The summed E-state index contributed by atoms with van der Waals surface area (Å²) in [5, 5.41) is 0. The van der Waals surface area contributed by atoms with Gasteiger partial charge >= 0.3 is 0 Å². The molecule has 2 saturated heterocycles. The highest BCUT2D eigenvalue weighted by molar-refractivity contribution is 7.86. The van der Waals surface area contributed by atoms with Crippen LogP contribution in [-0.2, 0) is 10.2 Å². The Morgan fingerprint density at radius 1 is 1.11 bits per heavy atom. The minimum Gasteiger partial charge on any atom is -0.328 e. The molecule has 0 radical (unpaired) electrons. The molecule has 0 aliphatic carbocycles. The summed E-state index contributed by atoms with van der Waals surface area (Å²) in [4.78, 5) is 0. The van der Waals surface area contributed by atoms with Crippen molar-refractivity contribution in [1.29, 1.82) is 0 Å². The van der Waals surface area contributed by atoms with Gasteiger partial charge < -0.3 is 5.73 Å². The van der Waals surface area contributed by atoms with Crippen LogP contribution in [0.1, 0.15) is 33.1 Å². The lowest BCUT2D eigenvalue weighted by molar-refractivity contribution is 0.269. The van der Waals surface area contributed by atoms with Gasteiger partial charge in [-0.1, -0.05) is 6.92 Å². The fraction of sp³-hybridized carbons (Fsp3) is 1.00. The molecule has 2 unspecified atom stereocenters. The average molecular weight is 312 g/mol. The summed E-state index contributed by atoms with van der Waals surface area (Å²) in [5.41, 5.74) is 5.86. The van der Waals surface area contributed by atoms with E-state index in [1.54, 1.807) is 8.61 Å². The van der Waals surface area contributed by atoms with Crippen molar-refractivity contribution in [2.75, 3.05) is 26.2 Å². The predicted octanol–water partition coefficient (Wildman–Crippen LogP) is 1.05. The van der Waals surface area contributed by atoms with E-state index >= 15 is 0 Å². The lowest BCUT2D eigenvalue weighted by Gasteiger charge is -2.32. The number of nitrogens with zero attached hydrogens (tertiary/aromatic N) is 2. The second kappa shape index (κ2) is 6.72. The first kappa shape index (κ1) is 17.2. The highest BCUT2D eigenvalue weighted by Gasteiger charge is 2.37. The smallest absolute Gasteiger partial charge is 0.281 e. The number of hydrogen-bond donors (Lipinski definition) is 1. The van der Waals surface area contributed by atoms with Gasteiger partial charge in [0.1, 0.15) is 0 Å². The molecule has 5 nitrogen and oxygen atoms in total. The second-order valence-corrected chi connectivity index (χ2v) is 7.78. The Hall–Kier alpha value is 0.120. The monoisotopic (exact) mass is 311 g/mol. The number of hydrogen-bond acceptors (Lipinski definition) is 3. The molecular formula is C12H26ClN3O2S.